The van der Waals surface area contributed by atoms with Crippen LogP contribution in [0.15, 0.2) is 29.2 Å². The number of benzene rings is 1. The smallest absolute Gasteiger partial charge is 0.306 e. The normalized spacial score (nSPS) is 16.3. The van der Waals surface area contributed by atoms with Crippen molar-refractivity contribution in [2.24, 2.45) is 5.92 Å². The van der Waals surface area contributed by atoms with Crippen molar-refractivity contribution in [2.45, 2.75) is 62.9 Å². The van der Waals surface area contributed by atoms with E-state index in [9.17, 15) is 22.4 Å². The number of hydrogen-bond acceptors (Lipinski definition) is 5. The van der Waals surface area contributed by atoms with Crippen molar-refractivity contribution in [1.82, 2.24) is 9.62 Å². The number of hydrogen-bond donors (Lipinski definition) is 1. The third-order valence-corrected chi connectivity index (χ3v) is 7.21. The van der Waals surface area contributed by atoms with Crippen LogP contribution >= 0.6 is 0 Å². The number of nitrogens with zero attached hydrogens (tertiary/aromatic N) is 1. The molecule has 0 saturated heterocycles. The molecular weight excluding hydrogens is 411 g/mol. The summed E-state index contributed by atoms with van der Waals surface area (Å²) in [6, 6.07) is 4.56. The van der Waals surface area contributed by atoms with Crippen LogP contribution in [-0.2, 0) is 24.3 Å². The maximum atomic E-state index is 13.0. The minimum Gasteiger partial charge on any atom is -0.453 e. The zero-order valence-corrected chi connectivity index (χ0v) is 18.4. The van der Waals surface area contributed by atoms with Crippen LogP contribution in [0.2, 0.25) is 0 Å². The molecule has 1 aliphatic carbocycles. The Bertz CT molecular complexity index is 807. The molecule has 0 aliphatic heterocycles. The molecule has 7 nitrogen and oxygen atoms in total. The molecule has 0 bridgehead atoms. The van der Waals surface area contributed by atoms with Crippen molar-refractivity contribution in [2.75, 3.05) is 20.1 Å². The van der Waals surface area contributed by atoms with Crippen LogP contribution in [0.3, 0.4) is 0 Å². The molecular formula is C21H31FN2O5S. The predicted molar refractivity (Wildman–Crippen MR) is 111 cm³/mol. The Labute approximate surface area is 178 Å². The van der Waals surface area contributed by atoms with Gasteiger partial charge in [0.15, 0.2) is 6.10 Å². The molecule has 0 spiro atoms. The molecule has 2 rings (SSSR count). The van der Waals surface area contributed by atoms with Gasteiger partial charge in [-0.25, -0.2) is 17.1 Å². The van der Waals surface area contributed by atoms with Gasteiger partial charge >= 0.3 is 5.97 Å². The van der Waals surface area contributed by atoms with Gasteiger partial charge in [0.1, 0.15) is 5.82 Å². The van der Waals surface area contributed by atoms with E-state index in [4.69, 9.17) is 4.74 Å². The van der Waals surface area contributed by atoms with Gasteiger partial charge in [0.05, 0.1) is 4.90 Å². The topological polar surface area (TPSA) is 92.8 Å². The summed E-state index contributed by atoms with van der Waals surface area (Å²) in [6.45, 7) is 2.23. The van der Waals surface area contributed by atoms with Crippen molar-refractivity contribution in [1.29, 1.82) is 0 Å². The molecule has 168 valence electrons. The van der Waals surface area contributed by atoms with E-state index in [0.717, 1.165) is 29.3 Å². The van der Waals surface area contributed by atoms with Crippen LogP contribution in [0.1, 0.15) is 51.9 Å². The molecule has 0 aromatic heterocycles. The third-order valence-electron chi connectivity index (χ3n) is 5.34. The Morgan fingerprint density at radius 1 is 1.20 bits per heavy atom. The Morgan fingerprint density at radius 3 is 2.47 bits per heavy atom. The van der Waals surface area contributed by atoms with E-state index in [-0.39, 0.29) is 30.2 Å². The molecule has 9 heteroatoms. The maximum absolute atomic E-state index is 13.0. The first kappa shape index (κ1) is 24.3. The molecule has 1 aromatic rings. The Hall–Kier alpha value is -2.00. The molecule has 1 N–H and O–H groups in total. The highest BCUT2D eigenvalue weighted by atomic mass is 32.2. The van der Waals surface area contributed by atoms with Crippen molar-refractivity contribution in [3.63, 3.8) is 0 Å². The van der Waals surface area contributed by atoms with E-state index in [1.165, 1.54) is 45.4 Å². The fraction of sp³-hybridized carbons (Fsp3) is 0.619. The summed E-state index contributed by atoms with van der Waals surface area (Å²) in [6.07, 6.45) is 5.20. The van der Waals surface area contributed by atoms with Crippen molar-refractivity contribution >= 4 is 21.9 Å². The lowest BCUT2D eigenvalue weighted by Gasteiger charge is -2.22. The van der Waals surface area contributed by atoms with Crippen molar-refractivity contribution < 1.29 is 27.1 Å². The van der Waals surface area contributed by atoms with Gasteiger partial charge in [-0.1, -0.05) is 19.3 Å². The van der Waals surface area contributed by atoms with Gasteiger partial charge in [0.2, 0.25) is 10.0 Å². The summed E-state index contributed by atoms with van der Waals surface area (Å²) in [4.78, 5) is 24.1. The zero-order valence-electron chi connectivity index (χ0n) is 17.6. The molecule has 0 radical (unpaired) electrons. The molecule has 1 atom stereocenters. The van der Waals surface area contributed by atoms with Gasteiger partial charge in [-0.05, 0) is 56.4 Å². The second-order valence-electron chi connectivity index (χ2n) is 7.77. The fourth-order valence-corrected chi connectivity index (χ4v) is 4.65. The van der Waals surface area contributed by atoms with E-state index >= 15 is 0 Å². The molecule has 1 saturated carbocycles. The average molecular weight is 443 g/mol. The summed E-state index contributed by atoms with van der Waals surface area (Å²) in [5.41, 5.74) is 0. The highest BCUT2D eigenvalue weighted by Gasteiger charge is 2.22. The predicted octanol–water partition coefficient (Wildman–Crippen LogP) is 2.85. The van der Waals surface area contributed by atoms with Gasteiger partial charge in [-0.3, -0.25) is 9.59 Å². The SMILES string of the molecule is CC(OC(=O)CCCN(C)S(=O)(=O)c1ccc(F)cc1)C(=O)NCC1CCCCC1. The van der Waals surface area contributed by atoms with Crippen molar-refractivity contribution in [3.05, 3.63) is 30.1 Å². The standard InChI is InChI=1S/C21H31FN2O5S/c1-16(21(26)23-15-17-7-4-3-5-8-17)29-20(25)9-6-14-24(2)30(27,28)19-12-10-18(22)11-13-19/h10-13,16-17H,3-9,14-15H2,1-2H3,(H,23,26). The summed E-state index contributed by atoms with van der Waals surface area (Å²) >= 11 is 0. The average Bonchev–Trinajstić information content (AvgIpc) is 2.72. The first-order chi connectivity index (χ1) is 14.2. The van der Waals surface area contributed by atoms with E-state index in [0.29, 0.717) is 12.5 Å². The lowest BCUT2D eigenvalue weighted by Crippen LogP contribution is -2.38. The van der Waals surface area contributed by atoms with Crippen LogP contribution in [0.4, 0.5) is 4.39 Å². The number of carbonyl (C=O) groups is 2. The molecule has 1 unspecified atom stereocenters. The van der Waals surface area contributed by atoms with Crippen LogP contribution in [0.25, 0.3) is 0 Å². The first-order valence-corrected chi connectivity index (χ1v) is 11.8. The van der Waals surface area contributed by atoms with Gasteiger partial charge in [-0.2, -0.15) is 0 Å². The number of rotatable bonds is 10. The van der Waals surface area contributed by atoms with Crippen LogP contribution < -0.4 is 5.32 Å². The molecule has 0 heterocycles. The highest BCUT2D eigenvalue weighted by molar-refractivity contribution is 7.89. The summed E-state index contributed by atoms with van der Waals surface area (Å²) in [5.74, 6) is -0.895. The van der Waals surface area contributed by atoms with Gasteiger partial charge in [0, 0.05) is 26.6 Å². The van der Waals surface area contributed by atoms with Gasteiger partial charge in [-0.15, -0.1) is 0 Å². The Balaban J connectivity index is 1.70. The highest BCUT2D eigenvalue weighted by Crippen LogP contribution is 2.22. The zero-order chi connectivity index (χ0) is 22.1. The lowest BCUT2D eigenvalue weighted by atomic mass is 9.89. The number of sulfonamides is 1. The second kappa shape index (κ2) is 11.4. The number of nitrogens with one attached hydrogen (secondary N) is 1. The quantitative estimate of drug-likeness (QED) is 0.563. The molecule has 30 heavy (non-hydrogen) atoms. The van der Waals surface area contributed by atoms with Crippen molar-refractivity contribution in [3.8, 4) is 0 Å². The molecule has 1 fully saturated rings. The largest absolute Gasteiger partial charge is 0.453 e. The summed E-state index contributed by atoms with van der Waals surface area (Å²) in [7, 11) is -2.36. The number of halogens is 1. The maximum Gasteiger partial charge on any atom is 0.306 e. The molecule has 1 aliphatic rings. The van der Waals surface area contributed by atoms with Crippen LogP contribution in [-0.4, -0.2) is 50.8 Å². The summed E-state index contributed by atoms with van der Waals surface area (Å²) in [5, 5.41) is 2.84. The van der Waals surface area contributed by atoms with Gasteiger partial charge in [0.25, 0.3) is 5.91 Å². The Kier molecular flexibility index (Phi) is 9.23. The Morgan fingerprint density at radius 2 is 1.83 bits per heavy atom. The van der Waals surface area contributed by atoms with Crippen LogP contribution in [0.5, 0.6) is 0 Å². The van der Waals surface area contributed by atoms with E-state index in [2.05, 4.69) is 5.32 Å². The number of carbonyl (C=O) groups excluding carboxylic acids is 2. The minimum atomic E-state index is -3.76. The number of esters is 1. The third kappa shape index (κ3) is 7.36. The monoisotopic (exact) mass is 442 g/mol. The number of ether oxygens (including phenoxy) is 1. The van der Waals surface area contributed by atoms with Gasteiger partial charge < -0.3 is 10.1 Å². The summed E-state index contributed by atoms with van der Waals surface area (Å²) < 4.78 is 44.1. The number of amides is 1. The second-order valence-corrected chi connectivity index (χ2v) is 9.81. The fourth-order valence-electron chi connectivity index (χ4n) is 3.44. The molecule has 1 aromatic carbocycles. The van der Waals surface area contributed by atoms with E-state index in [1.807, 2.05) is 0 Å². The first-order valence-electron chi connectivity index (χ1n) is 10.4. The van der Waals surface area contributed by atoms with E-state index < -0.39 is 27.9 Å². The minimum absolute atomic E-state index is 0.0104. The van der Waals surface area contributed by atoms with E-state index in [1.54, 1.807) is 0 Å². The van der Waals surface area contributed by atoms with Crippen LogP contribution in [0, 0.1) is 11.7 Å². The lowest BCUT2D eigenvalue weighted by molar-refractivity contribution is -0.155. The molecule has 1 amide bonds.